The molecule has 0 radical (unpaired) electrons. The largest absolute Gasteiger partial charge is 0.480 e. The summed E-state index contributed by atoms with van der Waals surface area (Å²) in [6.45, 7) is 3.36. The molecule has 0 aromatic heterocycles. The molecule has 0 spiro atoms. The van der Waals surface area contributed by atoms with E-state index in [1.165, 1.54) is 7.11 Å². The molecule has 0 saturated heterocycles. The number of esters is 1. The molecule has 0 aromatic rings. The van der Waals surface area contributed by atoms with Crippen molar-refractivity contribution in [1.82, 2.24) is 10.6 Å². The van der Waals surface area contributed by atoms with Crippen LogP contribution in [0.1, 0.15) is 20.3 Å². The fourth-order valence-electron chi connectivity index (χ4n) is 1.37. The number of primary amides is 1. The van der Waals surface area contributed by atoms with Crippen molar-refractivity contribution in [1.29, 1.82) is 0 Å². The summed E-state index contributed by atoms with van der Waals surface area (Å²) in [6.07, 6.45) is -0.548. The van der Waals surface area contributed by atoms with E-state index < -0.39 is 42.4 Å². The quantitative estimate of drug-likeness (QED) is 0.433. The number of carbonyl (C=O) groups excluding carboxylic acids is 3. The molecular weight excluding hydrogens is 270 g/mol. The molecule has 0 fully saturated rings. The van der Waals surface area contributed by atoms with Gasteiger partial charge in [-0.25, -0.2) is 14.4 Å². The van der Waals surface area contributed by atoms with Gasteiger partial charge in [-0.1, -0.05) is 13.8 Å². The standard InChI is InChI=1S/C11H19N3O6/c1-5(2)8(10(18)20-3)14-11(19)13-6(9(16)17)4-7(12)15/h5-6,8H,4H2,1-3H3,(H2,12,15)(H,16,17)(H2,13,14,19)/t6-,8?/m1/s1. The normalized spacial score (nSPS) is 13.2. The molecule has 5 N–H and O–H groups in total. The number of rotatable bonds is 7. The summed E-state index contributed by atoms with van der Waals surface area (Å²) in [5.41, 5.74) is 4.88. The molecule has 2 atom stereocenters. The van der Waals surface area contributed by atoms with Crippen molar-refractivity contribution in [2.45, 2.75) is 32.4 Å². The van der Waals surface area contributed by atoms with Crippen LogP contribution in [0.25, 0.3) is 0 Å². The van der Waals surface area contributed by atoms with Crippen LogP contribution in [0.4, 0.5) is 4.79 Å². The third kappa shape index (κ3) is 6.03. The van der Waals surface area contributed by atoms with Crippen molar-refractivity contribution in [3.8, 4) is 0 Å². The zero-order chi connectivity index (χ0) is 15.9. The van der Waals surface area contributed by atoms with Crippen LogP contribution in [-0.2, 0) is 19.1 Å². The number of hydrogen-bond acceptors (Lipinski definition) is 5. The Morgan fingerprint density at radius 1 is 1.20 bits per heavy atom. The van der Waals surface area contributed by atoms with Gasteiger partial charge in [0.1, 0.15) is 12.1 Å². The predicted octanol–water partition coefficient (Wildman–Crippen LogP) is -1.19. The second kappa shape index (κ2) is 7.97. The molecule has 114 valence electrons. The lowest BCUT2D eigenvalue weighted by Gasteiger charge is -2.21. The van der Waals surface area contributed by atoms with Crippen molar-refractivity contribution < 1.29 is 29.0 Å². The molecule has 0 bridgehead atoms. The van der Waals surface area contributed by atoms with Gasteiger partial charge in [0.25, 0.3) is 0 Å². The maximum Gasteiger partial charge on any atom is 0.328 e. The second-order valence-corrected chi connectivity index (χ2v) is 4.42. The summed E-state index contributed by atoms with van der Waals surface area (Å²) >= 11 is 0. The minimum absolute atomic E-state index is 0.257. The number of ether oxygens (including phenoxy) is 1. The van der Waals surface area contributed by atoms with Gasteiger partial charge in [0.05, 0.1) is 13.5 Å². The van der Waals surface area contributed by atoms with Crippen LogP contribution in [0.15, 0.2) is 0 Å². The van der Waals surface area contributed by atoms with Gasteiger partial charge < -0.3 is 26.2 Å². The van der Waals surface area contributed by atoms with Gasteiger partial charge in [-0.15, -0.1) is 0 Å². The first-order valence-corrected chi connectivity index (χ1v) is 5.85. The van der Waals surface area contributed by atoms with Crippen LogP contribution >= 0.6 is 0 Å². The first-order valence-electron chi connectivity index (χ1n) is 5.85. The van der Waals surface area contributed by atoms with E-state index in [0.717, 1.165) is 0 Å². The molecular formula is C11H19N3O6. The van der Waals surface area contributed by atoms with Gasteiger partial charge in [0, 0.05) is 0 Å². The summed E-state index contributed by atoms with van der Waals surface area (Å²) in [5.74, 6) is -3.19. The van der Waals surface area contributed by atoms with Crippen LogP contribution in [0.2, 0.25) is 0 Å². The molecule has 0 aliphatic rings. The molecule has 0 aliphatic carbocycles. The monoisotopic (exact) mass is 289 g/mol. The smallest absolute Gasteiger partial charge is 0.328 e. The second-order valence-electron chi connectivity index (χ2n) is 4.42. The number of carboxylic acids is 1. The SMILES string of the molecule is COC(=O)C(NC(=O)N[C@H](CC(N)=O)C(=O)O)C(C)C. The number of hydrogen-bond donors (Lipinski definition) is 4. The Kier molecular flexibility index (Phi) is 7.05. The number of nitrogens with one attached hydrogen (secondary N) is 2. The van der Waals surface area contributed by atoms with Crippen molar-refractivity contribution in [2.24, 2.45) is 11.7 Å². The predicted molar refractivity (Wildman–Crippen MR) is 67.5 cm³/mol. The first-order chi connectivity index (χ1) is 9.18. The number of carbonyl (C=O) groups is 4. The van der Waals surface area contributed by atoms with Crippen molar-refractivity contribution in [3.05, 3.63) is 0 Å². The van der Waals surface area contributed by atoms with Gasteiger partial charge in [0.15, 0.2) is 0 Å². The summed E-state index contributed by atoms with van der Waals surface area (Å²) in [6, 6.07) is -3.29. The molecule has 0 rings (SSSR count). The highest BCUT2D eigenvalue weighted by molar-refractivity contribution is 5.89. The van der Waals surface area contributed by atoms with Gasteiger partial charge >= 0.3 is 18.0 Å². The molecule has 20 heavy (non-hydrogen) atoms. The van der Waals surface area contributed by atoms with Gasteiger partial charge in [-0.2, -0.15) is 0 Å². The van der Waals surface area contributed by atoms with Crippen LogP contribution in [-0.4, -0.2) is 48.2 Å². The van der Waals surface area contributed by atoms with Gasteiger partial charge in [-0.05, 0) is 5.92 Å². The molecule has 0 heterocycles. The average molecular weight is 289 g/mol. The maximum absolute atomic E-state index is 11.6. The van der Waals surface area contributed by atoms with E-state index in [0.29, 0.717) is 0 Å². The first kappa shape index (κ1) is 17.7. The highest BCUT2D eigenvalue weighted by atomic mass is 16.5. The van der Waals surface area contributed by atoms with E-state index in [4.69, 9.17) is 10.8 Å². The van der Waals surface area contributed by atoms with Gasteiger partial charge in [-0.3, -0.25) is 4.79 Å². The summed E-state index contributed by atoms with van der Waals surface area (Å²) in [7, 11) is 1.17. The summed E-state index contributed by atoms with van der Waals surface area (Å²) < 4.78 is 4.52. The van der Waals surface area contributed by atoms with Crippen LogP contribution in [0.5, 0.6) is 0 Å². The van der Waals surface area contributed by atoms with Crippen molar-refractivity contribution in [3.63, 3.8) is 0 Å². The lowest BCUT2D eigenvalue weighted by Crippen LogP contribution is -2.53. The fraction of sp³-hybridized carbons (Fsp3) is 0.636. The molecule has 0 aromatic carbocycles. The molecule has 1 unspecified atom stereocenters. The van der Waals surface area contributed by atoms with Crippen LogP contribution < -0.4 is 16.4 Å². The Bertz CT molecular complexity index is 396. The topological polar surface area (TPSA) is 148 Å². The lowest BCUT2D eigenvalue weighted by molar-refractivity contribution is -0.144. The number of aliphatic carboxylic acids is 1. The van der Waals surface area contributed by atoms with Crippen molar-refractivity contribution in [2.75, 3.05) is 7.11 Å². The Balaban J connectivity index is 4.68. The van der Waals surface area contributed by atoms with E-state index in [1.54, 1.807) is 13.8 Å². The van der Waals surface area contributed by atoms with E-state index >= 15 is 0 Å². The van der Waals surface area contributed by atoms with E-state index in [9.17, 15) is 19.2 Å². The summed E-state index contributed by atoms with van der Waals surface area (Å²) in [5, 5.41) is 13.2. The molecule has 0 saturated carbocycles. The van der Waals surface area contributed by atoms with Crippen LogP contribution in [0, 0.1) is 5.92 Å². The van der Waals surface area contributed by atoms with E-state index in [-0.39, 0.29) is 5.92 Å². The number of urea groups is 1. The highest BCUT2D eigenvalue weighted by Gasteiger charge is 2.27. The fourth-order valence-corrected chi connectivity index (χ4v) is 1.37. The zero-order valence-electron chi connectivity index (χ0n) is 11.5. The Hall–Kier alpha value is -2.32. The maximum atomic E-state index is 11.6. The van der Waals surface area contributed by atoms with E-state index in [1.807, 2.05) is 0 Å². The average Bonchev–Trinajstić information content (AvgIpc) is 2.33. The number of amides is 3. The van der Waals surface area contributed by atoms with Crippen LogP contribution in [0.3, 0.4) is 0 Å². The minimum Gasteiger partial charge on any atom is -0.480 e. The molecule has 3 amide bonds. The van der Waals surface area contributed by atoms with Crippen molar-refractivity contribution >= 4 is 23.9 Å². The summed E-state index contributed by atoms with van der Waals surface area (Å²) in [4.78, 5) is 44.6. The number of carboxylic acid groups (broad SMARTS) is 1. The zero-order valence-corrected chi connectivity index (χ0v) is 11.5. The molecule has 0 aliphatic heterocycles. The number of nitrogens with two attached hydrogens (primary N) is 1. The van der Waals surface area contributed by atoms with Gasteiger partial charge in [0.2, 0.25) is 5.91 Å². The Labute approximate surface area is 115 Å². The highest BCUT2D eigenvalue weighted by Crippen LogP contribution is 2.03. The number of methoxy groups -OCH3 is 1. The molecule has 9 heteroatoms. The third-order valence-corrected chi connectivity index (χ3v) is 2.42. The minimum atomic E-state index is -1.46. The lowest BCUT2D eigenvalue weighted by atomic mass is 10.1. The third-order valence-electron chi connectivity index (χ3n) is 2.42. The Morgan fingerprint density at radius 2 is 1.75 bits per heavy atom. The Morgan fingerprint density at radius 3 is 2.10 bits per heavy atom. The van der Waals surface area contributed by atoms with E-state index in [2.05, 4.69) is 15.4 Å². The molecule has 9 nitrogen and oxygen atoms in total.